The molecule has 16 nitrogen and oxygen atoms in total. The van der Waals surface area contributed by atoms with Crippen LogP contribution in [0.2, 0.25) is 0 Å². The maximum Gasteiger partial charge on any atom is 0.397 e. The summed E-state index contributed by atoms with van der Waals surface area (Å²) in [5.74, 6) is -1.56. The van der Waals surface area contributed by atoms with E-state index in [-0.39, 0.29) is 110 Å². The largest absolute Gasteiger partial charge is 0.507 e. The number of nitrogens with zero attached hydrogens (tertiary/aromatic N) is 2. The first-order valence-corrected chi connectivity index (χ1v) is 15.6. The molecule has 3 aromatic carbocycles. The Labute approximate surface area is 301 Å². The zero-order valence-corrected chi connectivity index (χ0v) is 30.8. The Morgan fingerprint density at radius 2 is 1.32 bits per heavy atom. The van der Waals surface area contributed by atoms with Crippen LogP contribution in [0.25, 0.3) is 10.8 Å². The molecule has 0 unspecified atom stereocenters. The van der Waals surface area contributed by atoms with Crippen LogP contribution in [0, 0.1) is 0 Å². The maximum atomic E-state index is 12.3. The van der Waals surface area contributed by atoms with Crippen molar-refractivity contribution in [1.29, 1.82) is 0 Å². The Balaban J connectivity index is 0.00000533. The monoisotopic (exact) mass is 680 g/mol. The van der Waals surface area contributed by atoms with Crippen molar-refractivity contribution in [2.45, 2.75) is 14.7 Å². The number of anilines is 1. The van der Waals surface area contributed by atoms with Crippen molar-refractivity contribution in [3.8, 4) is 5.75 Å². The average Bonchev–Trinajstić information content (AvgIpc) is 2.76. The average molecular weight is 681 g/mol. The predicted octanol–water partition coefficient (Wildman–Crippen LogP) is 0.487. The Morgan fingerprint density at radius 1 is 0.756 bits per heavy atom. The van der Waals surface area contributed by atoms with E-state index in [1.807, 2.05) is 0 Å². The van der Waals surface area contributed by atoms with Gasteiger partial charge in [-0.3, -0.25) is 13.7 Å². The number of nitrogens with two attached hydrogens (primary N) is 1. The predicted molar refractivity (Wildman–Crippen MR) is 147 cm³/mol. The van der Waals surface area contributed by atoms with E-state index in [2.05, 4.69) is 14.4 Å². The molecule has 0 aliphatic rings. The van der Waals surface area contributed by atoms with Crippen molar-refractivity contribution in [3.63, 3.8) is 0 Å². The van der Waals surface area contributed by atoms with E-state index >= 15 is 0 Å². The second kappa shape index (κ2) is 15.2. The van der Waals surface area contributed by atoms with Gasteiger partial charge in [0.05, 0.1) is 33.5 Å². The van der Waals surface area contributed by atoms with Gasteiger partial charge in [0.1, 0.15) is 16.3 Å². The minimum atomic E-state index is -5.04. The third-order valence-corrected chi connectivity index (χ3v) is 8.64. The first-order valence-electron chi connectivity index (χ1n) is 9.70. The number of phenols is 1. The first kappa shape index (κ1) is 40.8. The molecule has 0 saturated heterocycles. The molecule has 41 heavy (non-hydrogen) atoms. The summed E-state index contributed by atoms with van der Waals surface area (Å²) in [7, 11) is -18.7. The van der Waals surface area contributed by atoms with Gasteiger partial charge in [-0.1, -0.05) is 0 Å². The number of benzene rings is 3. The van der Waals surface area contributed by atoms with Crippen LogP contribution in [-0.4, -0.2) is 153 Å². The Bertz CT molecular complexity index is 1900. The molecule has 0 amide bonds. The SMILES string of the molecule is Nc1c(N=Nc2ccc(S(=O)(=O)CCOS(=O)(=O)O)cc2)c(S(=O)(=O)O)cc2cc(S(=O)(=O)O)cc(O)c12.[Na].[Na].[Na]. The van der Waals surface area contributed by atoms with Crippen LogP contribution in [0.4, 0.5) is 17.1 Å². The smallest absolute Gasteiger partial charge is 0.397 e. The Morgan fingerprint density at radius 3 is 1.80 bits per heavy atom. The Kier molecular flexibility index (Phi) is 15.1. The summed E-state index contributed by atoms with van der Waals surface area (Å²) in [6, 6.07) is 6.61. The van der Waals surface area contributed by atoms with Gasteiger partial charge in [-0.15, -0.1) is 5.11 Å². The van der Waals surface area contributed by atoms with Crippen molar-refractivity contribution >= 4 is 157 Å². The number of azo groups is 1. The molecular formula is C18H17N3Na3O13S4. The number of hydrogen-bond acceptors (Lipinski definition) is 13. The summed E-state index contributed by atoms with van der Waals surface area (Å²) in [5, 5.41) is 17.1. The fourth-order valence-corrected chi connectivity index (χ4v) is 5.83. The van der Waals surface area contributed by atoms with Gasteiger partial charge in [0.15, 0.2) is 9.84 Å². The number of aromatic hydroxyl groups is 1. The van der Waals surface area contributed by atoms with Crippen LogP contribution in [-0.2, 0) is 44.7 Å². The molecule has 0 aromatic heterocycles. The molecule has 0 aliphatic heterocycles. The van der Waals surface area contributed by atoms with Gasteiger partial charge in [-0.25, -0.2) is 12.6 Å². The summed E-state index contributed by atoms with van der Waals surface area (Å²) < 4.78 is 124. The molecule has 0 atom stereocenters. The molecule has 0 heterocycles. The van der Waals surface area contributed by atoms with E-state index in [0.29, 0.717) is 6.07 Å². The number of nitrogen functional groups attached to an aromatic ring is 1. The normalized spacial score (nSPS) is 12.4. The van der Waals surface area contributed by atoms with Crippen molar-refractivity contribution in [1.82, 2.24) is 0 Å². The van der Waals surface area contributed by atoms with Crippen LogP contribution in [0.15, 0.2) is 67.4 Å². The zero-order valence-electron chi connectivity index (χ0n) is 21.5. The van der Waals surface area contributed by atoms with Gasteiger partial charge >= 0.3 is 10.4 Å². The fraction of sp³-hybridized carbons (Fsp3) is 0.111. The van der Waals surface area contributed by atoms with Gasteiger partial charge in [0, 0.05) is 100 Å². The van der Waals surface area contributed by atoms with Gasteiger partial charge in [0.25, 0.3) is 20.2 Å². The first-order chi connectivity index (χ1) is 17.3. The third-order valence-electron chi connectivity index (χ3n) is 4.79. The summed E-state index contributed by atoms with van der Waals surface area (Å²) >= 11 is 0. The summed E-state index contributed by atoms with van der Waals surface area (Å²) in [5.41, 5.74) is 4.73. The molecule has 6 N–H and O–H groups in total. The molecule has 0 aliphatic carbocycles. The molecule has 0 spiro atoms. The molecular weight excluding hydrogens is 663 g/mol. The van der Waals surface area contributed by atoms with Gasteiger partial charge in [-0.05, 0) is 41.8 Å². The van der Waals surface area contributed by atoms with Crippen molar-refractivity contribution < 1.29 is 56.6 Å². The van der Waals surface area contributed by atoms with Crippen molar-refractivity contribution in [2.75, 3.05) is 18.1 Å². The second-order valence-corrected chi connectivity index (χ2v) is 13.4. The van der Waals surface area contributed by atoms with Crippen LogP contribution < -0.4 is 5.73 Å². The van der Waals surface area contributed by atoms with E-state index < -0.39 is 79.7 Å². The standard InChI is InChI=1S/C18H17N3O13S4.3Na/c19-17-16-10(7-13(9-14(16)22)36(25,26)27)8-15(37(28,29)30)18(17)21-20-11-1-3-12(4-2-11)35(23,24)6-5-34-38(31,32)33;;;/h1-4,7-9,22H,5-6,19H2,(H,25,26,27)(H,28,29,30)(H,31,32,33);;;. The fourth-order valence-electron chi connectivity index (χ4n) is 3.13. The van der Waals surface area contributed by atoms with E-state index in [9.17, 15) is 47.9 Å². The molecule has 3 radical (unpaired) electrons. The molecule has 0 fully saturated rings. The minimum Gasteiger partial charge on any atom is -0.507 e. The van der Waals surface area contributed by atoms with Crippen molar-refractivity contribution in [2.24, 2.45) is 10.2 Å². The Hall–Kier alpha value is -0.240. The third kappa shape index (κ3) is 10.7. The molecule has 0 bridgehead atoms. The van der Waals surface area contributed by atoms with Gasteiger partial charge < -0.3 is 10.8 Å². The van der Waals surface area contributed by atoms with E-state index in [1.165, 1.54) is 0 Å². The number of sulfone groups is 1. The summed E-state index contributed by atoms with van der Waals surface area (Å²) in [4.78, 5) is -1.98. The number of hydrogen-bond donors (Lipinski definition) is 5. The van der Waals surface area contributed by atoms with E-state index in [0.717, 1.165) is 36.4 Å². The number of rotatable bonds is 9. The minimum absolute atomic E-state index is 0. The second-order valence-electron chi connectivity index (χ2n) is 7.39. The zero-order chi connectivity index (χ0) is 28.7. The van der Waals surface area contributed by atoms with Crippen LogP contribution in [0.5, 0.6) is 5.75 Å². The molecule has 3 aromatic rings. The summed E-state index contributed by atoms with van der Waals surface area (Å²) in [6.45, 7) is -0.846. The molecule has 209 valence electrons. The van der Waals surface area contributed by atoms with Crippen LogP contribution >= 0.6 is 0 Å². The molecule has 3 rings (SSSR count). The van der Waals surface area contributed by atoms with Gasteiger partial charge in [-0.2, -0.15) is 30.4 Å². The number of phenolic OH excluding ortho intramolecular Hbond substituents is 1. The van der Waals surface area contributed by atoms with E-state index in [1.54, 1.807) is 0 Å². The molecule has 23 heteroatoms. The molecule has 0 saturated carbocycles. The van der Waals surface area contributed by atoms with Crippen molar-refractivity contribution in [3.05, 3.63) is 42.5 Å². The van der Waals surface area contributed by atoms with Crippen LogP contribution in [0.1, 0.15) is 0 Å². The topological polar surface area (TPSA) is 277 Å². The van der Waals surface area contributed by atoms with E-state index in [4.69, 9.17) is 10.3 Å². The number of fused-ring (bicyclic) bond motifs is 1. The quantitative estimate of drug-likeness (QED) is 0.0890. The van der Waals surface area contributed by atoms with Crippen LogP contribution in [0.3, 0.4) is 0 Å². The summed E-state index contributed by atoms with van der Waals surface area (Å²) in [6.07, 6.45) is 0. The maximum absolute atomic E-state index is 12.3. The van der Waals surface area contributed by atoms with Gasteiger partial charge in [0.2, 0.25) is 0 Å².